The van der Waals surface area contributed by atoms with Gasteiger partial charge in [0.25, 0.3) is 5.56 Å². The van der Waals surface area contributed by atoms with Crippen LogP contribution in [0.1, 0.15) is 16.8 Å². The van der Waals surface area contributed by atoms with Gasteiger partial charge in [0.1, 0.15) is 11.6 Å². The highest BCUT2D eigenvalue weighted by Gasteiger charge is 2.12. The van der Waals surface area contributed by atoms with Crippen LogP contribution in [0.15, 0.2) is 35.1 Å². The van der Waals surface area contributed by atoms with Gasteiger partial charge in [-0.05, 0) is 19.1 Å². The number of aromatic nitrogens is 1. The maximum absolute atomic E-state index is 11.7. The molecule has 0 saturated carbocycles. The molecule has 0 spiro atoms. The number of pyridine rings is 1. The van der Waals surface area contributed by atoms with Crippen molar-refractivity contribution in [1.29, 1.82) is 10.5 Å². The first-order valence-corrected chi connectivity index (χ1v) is 5.31. The predicted octanol–water partition coefficient (Wildman–Crippen LogP) is 2.09. The first-order chi connectivity index (χ1) is 8.67. The summed E-state index contributed by atoms with van der Waals surface area (Å²) in [6.45, 7) is 1.74. The van der Waals surface area contributed by atoms with Gasteiger partial charge in [0.15, 0.2) is 0 Å². The van der Waals surface area contributed by atoms with Crippen molar-refractivity contribution in [3.63, 3.8) is 0 Å². The largest absolute Gasteiger partial charge is 0.325 e. The van der Waals surface area contributed by atoms with Gasteiger partial charge in [-0.25, -0.2) is 0 Å². The van der Waals surface area contributed by atoms with Crippen molar-refractivity contribution in [3.8, 4) is 23.3 Å². The number of rotatable bonds is 1. The van der Waals surface area contributed by atoms with Crippen LogP contribution in [-0.4, -0.2) is 4.98 Å². The van der Waals surface area contributed by atoms with E-state index in [0.29, 0.717) is 22.4 Å². The van der Waals surface area contributed by atoms with Gasteiger partial charge < -0.3 is 4.98 Å². The number of benzene rings is 1. The minimum Gasteiger partial charge on any atom is -0.325 e. The fourth-order valence-corrected chi connectivity index (χ4v) is 1.83. The molecule has 0 fully saturated rings. The summed E-state index contributed by atoms with van der Waals surface area (Å²) in [5, 5.41) is 18.1. The van der Waals surface area contributed by atoms with Gasteiger partial charge in [0.05, 0.1) is 11.6 Å². The maximum Gasteiger partial charge on any atom is 0.266 e. The molecule has 0 aliphatic carbocycles. The third kappa shape index (κ3) is 1.88. The summed E-state index contributed by atoms with van der Waals surface area (Å²) < 4.78 is 0. The molecular formula is C14H9N3O. The summed E-state index contributed by atoms with van der Waals surface area (Å²) in [5.41, 5.74) is 1.80. The quantitative estimate of drug-likeness (QED) is 0.821. The van der Waals surface area contributed by atoms with E-state index < -0.39 is 5.56 Å². The Labute approximate surface area is 104 Å². The Balaban J connectivity index is 2.85. The highest BCUT2D eigenvalue weighted by Crippen LogP contribution is 2.25. The first kappa shape index (κ1) is 11.6. The van der Waals surface area contributed by atoms with E-state index in [-0.39, 0.29) is 5.56 Å². The standard InChI is InChI=1S/C14H9N3O/c1-9-6-12(13(8-16)14(18)17-9)11-5-3-2-4-10(11)7-15/h2-6H,1H3,(H,17,18). The molecule has 0 atom stereocenters. The van der Waals surface area contributed by atoms with Gasteiger partial charge in [-0.3, -0.25) is 4.79 Å². The van der Waals surface area contributed by atoms with Crippen LogP contribution in [0.3, 0.4) is 0 Å². The summed E-state index contributed by atoms with van der Waals surface area (Å²) in [5.74, 6) is 0. The molecule has 4 heteroatoms. The molecule has 0 amide bonds. The van der Waals surface area contributed by atoms with Crippen molar-refractivity contribution in [2.45, 2.75) is 6.92 Å². The fraction of sp³-hybridized carbons (Fsp3) is 0.0714. The number of hydrogen-bond donors (Lipinski definition) is 1. The normalized spacial score (nSPS) is 9.50. The molecule has 0 unspecified atom stereocenters. The Morgan fingerprint density at radius 1 is 1.11 bits per heavy atom. The van der Waals surface area contributed by atoms with Crippen molar-refractivity contribution in [2.24, 2.45) is 0 Å². The zero-order chi connectivity index (χ0) is 13.1. The second-order valence-corrected chi connectivity index (χ2v) is 3.84. The molecule has 18 heavy (non-hydrogen) atoms. The summed E-state index contributed by atoms with van der Waals surface area (Å²) in [6, 6.07) is 12.6. The van der Waals surface area contributed by atoms with E-state index in [4.69, 9.17) is 10.5 Å². The average molecular weight is 235 g/mol. The summed E-state index contributed by atoms with van der Waals surface area (Å²) in [6.07, 6.45) is 0. The van der Waals surface area contributed by atoms with Crippen molar-refractivity contribution < 1.29 is 0 Å². The lowest BCUT2D eigenvalue weighted by atomic mass is 9.97. The van der Waals surface area contributed by atoms with Crippen LogP contribution in [0.25, 0.3) is 11.1 Å². The molecule has 0 radical (unpaired) electrons. The molecule has 1 aromatic carbocycles. The fourth-order valence-electron chi connectivity index (χ4n) is 1.83. The zero-order valence-corrected chi connectivity index (χ0v) is 9.69. The van der Waals surface area contributed by atoms with E-state index in [0.717, 1.165) is 0 Å². The monoisotopic (exact) mass is 235 g/mol. The van der Waals surface area contributed by atoms with Crippen molar-refractivity contribution in [1.82, 2.24) is 4.98 Å². The Bertz CT molecular complexity index is 745. The summed E-state index contributed by atoms with van der Waals surface area (Å²) in [4.78, 5) is 14.3. The summed E-state index contributed by atoms with van der Waals surface area (Å²) >= 11 is 0. The first-order valence-electron chi connectivity index (χ1n) is 5.31. The van der Waals surface area contributed by atoms with Gasteiger partial charge >= 0.3 is 0 Å². The highest BCUT2D eigenvalue weighted by atomic mass is 16.1. The lowest BCUT2D eigenvalue weighted by Gasteiger charge is -2.06. The third-order valence-corrected chi connectivity index (χ3v) is 2.62. The van der Waals surface area contributed by atoms with Crippen LogP contribution in [-0.2, 0) is 0 Å². The molecule has 0 bridgehead atoms. The van der Waals surface area contributed by atoms with Crippen LogP contribution in [0.2, 0.25) is 0 Å². The number of hydrogen-bond acceptors (Lipinski definition) is 3. The van der Waals surface area contributed by atoms with E-state index in [2.05, 4.69) is 11.1 Å². The molecule has 4 nitrogen and oxygen atoms in total. The Morgan fingerprint density at radius 2 is 1.83 bits per heavy atom. The SMILES string of the molecule is Cc1cc(-c2ccccc2C#N)c(C#N)c(=O)[nH]1. The molecule has 2 rings (SSSR count). The molecule has 1 aromatic heterocycles. The number of nitrogens with zero attached hydrogens (tertiary/aromatic N) is 2. The summed E-state index contributed by atoms with van der Waals surface area (Å²) in [7, 11) is 0. The second kappa shape index (κ2) is 4.57. The van der Waals surface area contributed by atoms with Crippen LogP contribution in [0, 0.1) is 29.6 Å². The number of nitrogens with one attached hydrogen (secondary N) is 1. The minimum atomic E-state index is -0.430. The van der Waals surface area contributed by atoms with Crippen molar-refractivity contribution >= 4 is 0 Å². The van der Waals surface area contributed by atoms with E-state index in [1.807, 2.05) is 6.07 Å². The molecule has 1 N–H and O–H groups in total. The van der Waals surface area contributed by atoms with Gasteiger partial charge in [-0.1, -0.05) is 18.2 Å². The van der Waals surface area contributed by atoms with Crippen LogP contribution in [0.5, 0.6) is 0 Å². The maximum atomic E-state index is 11.7. The van der Waals surface area contributed by atoms with Crippen LogP contribution in [0.4, 0.5) is 0 Å². The lowest BCUT2D eigenvalue weighted by Crippen LogP contribution is -2.13. The number of H-pyrrole nitrogens is 1. The van der Waals surface area contributed by atoms with Crippen molar-refractivity contribution in [2.75, 3.05) is 0 Å². The molecule has 0 aliphatic rings. The minimum absolute atomic E-state index is 0.0308. The Morgan fingerprint density at radius 3 is 2.50 bits per heavy atom. The van der Waals surface area contributed by atoms with E-state index in [9.17, 15) is 4.79 Å². The lowest BCUT2D eigenvalue weighted by molar-refractivity contribution is 1.13. The molecule has 0 saturated heterocycles. The average Bonchev–Trinajstić information content (AvgIpc) is 2.38. The topological polar surface area (TPSA) is 80.4 Å². The highest BCUT2D eigenvalue weighted by molar-refractivity contribution is 5.75. The smallest absolute Gasteiger partial charge is 0.266 e. The van der Waals surface area contributed by atoms with E-state index in [1.54, 1.807) is 37.3 Å². The van der Waals surface area contributed by atoms with Gasteiger partial charge in [0, 0.05) is 16.8 Å². The van der Waals surface area contributed by atoms with Gasteiger partial charge in [0.2, 0.25) is 0 Å². The van der Waals surface area contributed by atoms with Crippen molar-refractivity contribution in [3.05, 3.63) is 57.5 Å². The van der Waals surface area contributed by atoms with Crippen LogP contribution < -0.4 is 5.56 Å². The third-order valence-electron chi connectivity index (χ3n) is 2.62. The van der Waals surface area contributed by atoms with Crippen LogP contribution >= 0.6 is 0 Å². The molecule has 86 valence electrons. The Hall–Kier alpha value is -2.85. The van der Waals surface area contributed by atoms with Gasteiger partial charge in [-0.15, -0.1) is 0 Å². The molecule has 2 aromatic rings. The van der Waals surface area contributed by atoms with E-state index >= 15 is 0 Å². The van der Waals surface area contributed by atoms with Gasteiger partial charge in [-0.2, -0.15) is 10.5 Å². The Kier molecular flexibility index (Phi) is 2.95. The predicted molar refractivity (Wildman–Crippen MR) is 66.7 cm³/mol. The number of nitriles is 2. The van der Waals surface area contributed by atoms with E-state index in [1.165, 1.54) is 0 Å². The molecule has 1 heterocycles. The number of aromatic amines is 1. The zero-order valence-electron chi connectivity index (χ0n) is 9.69. The second-order valence-electron chi connectivity index (χ2n) is 3.84. The molecule has 0 aliphatic heterocycles. The molecular weight excluding hydrogens is 226 g/mol. The number of aryl methyl sites for hydroxylation is 1.